The molecule has 0 aliphatic heterocycles. The quantitative estimate of drug-likeness (QED) is 0.125. The number of primary amides is 1. The molecule has 0 aromatic carbocycles. The molecule has 0 fully saturated rings. The van der Waals surface area contributed by atoms with Crippen molar-refractivity contribution in [2.45, 2.75) is 37.6 Å². The van der Waals surface area contributed by atoms with Crippen LogP contribution in [-0.4, -0.2) is 87.7 Å². The van der Waals surface area contributed by atoms with Gasteiger partial charge in [-0.2, -0.15) is 0 Å². The summed E-state index contributed by atoms with van der Waals surface area (Å²) in [5.41, 5.74) is 13.2. The summed E-state index contributed by atoms with van der Waals surface area (Å²) in [6.07, 6.45) is -1.21. The Kier molecular flexibility index (Phi) is 10.6. The van der Waals surface area contributed by atoms with Gasteiger partial charge >= 0.3 is 5.97 Å². The first-order valence-electron chi connectivity index (χ1n) is 7.62. The Balaban J connectivity index is 4.86. The van der Waals surface area contributed by atoms with E-state index < -0.39 is 55.0 Å². The molecule has 0 aliphatic carbocycles. The minimum absolute atomic E-state index is 0.126. The summed E-state index contributed by atoms with van der Waals surface area (Å²) >= 11 is 4.89. The summed E-state index contributed by atoms with van der Waals surface area (Å²) in [6, 6.07) is -3.18. The zero-order valence-electron chi connectivity index (χ0n) is 14.5. The predicted molar refractivity (Wildman–Crippen MR) is 95.4 cm³/mol. The Labute approximate surface area is 155 Å². The van der Waals surface area contributed by atoms with E-state index in [0.717, 1.165) is 0 Å². The fourth-order valence-corrected chi connectivity index (χ4v) is 2.02. The van der Waals surface area contributed by atoms with Crippen LogP contribution < -0.4 is 27.5 Å². The van der Waals surface area contributed by atoms with Crippen LogP contribution in [0.25, 0.3) is 0 Å². The number of amides is 2. The van der Waals surface area contributed by atoms with Crippen LogP contribution in [0.15, 0.2) is 0 Å². The maximum absolute atomic E-state index is 12.3. The number of carboxylic acids is 1. The van der Waals surface area contributed by atoms with Gasteiger partial charge in [0, 0.05) is 19.6 Å². The van der Waals surface area contributed by atoms with Crippen molar-refractivity contribution in [2.75, 3.05) is 20.2 Å². The van der Waals surface area contributed by atoms with Gasteiger partial charge < -0.3 is 37.4 Å². The molecular weight excluding hydrogens is 368 g/mol. The minimum Gasteiger partial charge on any atom is -0.480 e. The largest absolute Gasteiger partial charge is 0.480 e. The molecule has 0 radical (unpaired) electrons. The Morgan fingerprint density at radius 1 is 1.23 bits per heavy atom. The van der Waals surface area contributed by atoms with Crippen LogP contribution in [0.1, 0.15) is 13.3 Å². The molecule has 1 unspecified atom stereocenters. The second-order valence-electron chi connectivity index (χ2n) is 5.68. The standard InChI is InChI=1S/C13H26N6O6S/c1-6(21)7(14)4-19(2)18-11(23)8(3-10(15)22)16-13(26)17-9(5-20)12(24)25/h6-9,20-21H,3-5,14H2,1-2H3,(H2,15,22)(H,18,23)(H,24,25)(H2,16,17,26)/t6?,7-,8+,9+/m0/s1. The highest BCUT2D eigenvalue weighted by Gasteiger charge is 2.25. The highest BCUT2D eigenvalue weighted by Crippen LogP contribution is 1.96. The first-order valence-corrected chi connectivity index (χ1v) is 8.03. The monoisotopic (exact) mass is 394 g/mol. The topological polar surface area (TPSA) is 203 Å². The van der Waals surface area contributed by atoms with Crippen LogP contribution in [0.4, 0.5) is 0 Å². The molecule has 2 amide bonds. The number of aliphatic hydroxyl groups is 2. The number of hydrazine groups is 1. The third-order valence-corrected chi connectivity index (χ3v) is 3.45. The molecule has 150 valence electrons. The number of nitrogens with one attached hydrogen (secondary N) is 3. The van der Waals surface area contributed by atoms with Crippen LogP contribution >= 0.6 is 12.2 Å². The molecule has 10 N–H and O–H groups in total. The number of nitrogens with two attached hydrogens (primary N) is 2. The zero-order valence-corrected chi connectivity index (χ0v) is 15.3. The van der Waals surface area contributed by atoms with Gasteiger partial charge in [0.2, 0.25) is 5.91 Å². The van der Waals surface area contributed by atoms with E-state index >= 15 is 0 Å². The number of carbonyl (C=O) groups excluding carboxylic acids is 2. The number of likely N-dealkylation sites (N-methyl/N-ethyl adjacent to an activating group) is 1. The van der Waals surface area contributed by atoms with Crippen LogP contribution in [0.3, 0.4) is 0 Å². The average Bonchev–Trinajstić information content (AvgIpc) is 2.50. The number of aliphatic hydroxyl groups excluding tert-OH is 2. The number of carbonyl (C=O) groups is 3. The van der Waals surface area contributed by atoms with Gasteiger partial charge in [-0.1, -0.05) is 0 Å². The first-order chi connectivity index (χ1) is 12.0. The van der Waals surface area contributed by atoms with Gasteiger partial charge in [-0.25, -0.2) is 9.80 Å². The van der Waals surface area contributed by atoms with E-state index in [2.05, 4.69) is 16.1 Å². The van der Waals surface area contributed by atoms with Crippen LogP contribution in [-0.2, 0) is 14.4 Å². The highest BCUT2D eigenvalue weighted by molar-refractivity contribution is 7.80. The normalized spacial score (nSPS) is 15.5. The van der Waals surface area contributed by atoms with E-state index in [1.807, 2.05) is 0 Å². The Bertz CT molecular complexity index is 519. The van der Waals surface area contributed by atoms with Crippen LogP contribution in [0.2, 0.25) is 0 Å². The van der Waals surface area contributed by atoms with E-state index in [4.69, 9.17) is 33.9 Å². The van der Waals surface area contributed by atoms with Gasteiger partial charge in [-0.05, 0) is 19.1 Å². The SMILES string of the molecule is CC(O)[C@@H](N)CN(C)NC(=O)[C@@H](CC(N)=O)NC(=S)N[C@H](CO)C(=O)O. The van der Waals surface area contributed by atoms with Crippen molar-refractivity contribution in [1.82, 2.24) is 21.1 Å². The van der Waals surface area contributed by atoms with Crippen LogP contribution in [0.5, 0.6) is 0 Å². The Morgan fingerprint density at radius 2 is 1.77 bits per heavy atom. The first kappa shape index (κ1) is 23.9. The van der Waals surface area contributed by atoms with Crippen LogP contribution in [0, 0.1) is 0 Å². The molecule has 13 heteroatoms. The number of rotatable bonds is 11. The number of hydrogen-bond acceptors (Lipinski definition) is 8. The summed E-state index contributed by atoms with van der Waals surface area (Å²) in [5.74, 6) is -2.82. The van der Waals surface area contributed by atoms with Crippen molar-refractivity contribution in [3.8, 4) is 0 Å². The fraction of sp³-hybridized carbons (Fsp3) is 0.692. The third-order valence-electron chi connectivity index (χ3n) is 3.22. The Hall–Kier alpha value is -2.06. The van der Waals surface area contributed by atoms with Crippen molar-refractivity contribution in [2.24, 2.45) is 11.5 Å². The number of thiocarbonyl (C=S) groups is 1. The molecular formula is C13H26N6O6S. The van der Waals surface area contributed by atoms with Crippen molar-refractivity contribution in [1.29, 1.82) is 0 Å². The summed E-state index contributed by atoms with van der Waals surface area (Å²) < 4.78 is 0. The molecule has 26 heavy (non-hydrogen) atoms. The molecule has 0 saturated heterocycles. The maximum atomic E-state index is 12.3. The molecule has 12 nitrogen and oxygen atoms in total. The van der Waals surface area contributed by atoms with Crippen molar-refractivity contribution < 1.29 is 29.7 Å². The van der Waals surface area contributed by atoms with E-state index in [-0.39, 0.29) is 11.7 Å². The summed E-state index contributed by atoms with van der Waals surface area (Å²) in [6.45, 7) is 0.896. The minimum atomic E-state index is -1.38. The second-order valence-corrected chi connectivity index (χ2v) is 6.08. The molecule has 0 aromatic rings. The number of nitrogens with zero attached hydrogens (tertiary/aromatic N) is 1. The van der Waals surface area contributed by atoms with E-state index in [0.29, 0.717) is 0 Å². The number of carboxylic acid groups (broad SMARTS) is 1. The molecule has 0 rings (SSSR count). The second kappa shape index (κ2) is 11.5. The maximum Gasteiger partial charge on any atom is 0.328 e. The smallest absolute Gasteiger partial charge is 0.328 e. The van der Waals surface area contributed by atoms with Gasteiger partial charge in [0.1, 0.15) is 12.1 Å². The molecule has 0 spiro atoms. The van der Waals surface area contributed by atoms with Gasteiger partial charge in [0.25, 0.3) is 5.91 Å². The lowest BCUT2D eigenvalue weighted by Gasteiger charge is -2.26. The lowest BCUT2D eigenvalue weighted by atomic mass is 10.2. The predicted octanol–water partition coefficient (Wildman–Crippen LogP) is -4.19. The summed E-state index contributed by atoms with van der Waals surface area (Å²) in [5, 5.41) is 33.0. The fourth-order valence-electron chi connectivity index (χ4n) is 1.73. The van der Waals surface area contributed by atoms with Gasteiger partial charge in [0.05, 0.1) is 19.1 Å². The summed E-state index contributed by atoms with van der Waals surface area (Å²) in [4.78, 5) is 34.3. The Morgan fingerprint density at radius 3 is 2.19 bits per heavy atom. The third kappa shape index (κ3) is 9.43. The van der Waals surface area contributed by atoms with Gasteiger partial charge in [-0.3, -0.25) is 15.0 Å². The van der Waals surface area contributed by atoms with Crippen molar-refractivity contribution in [3.05, 3.63) is 0 Å². The molecule has 4 atom stereocenters. The average molecular weight is 394 g/mol. The molecule has 0 aliphatic rings. The highest BCUT2D eigenvalue weighted by atomic mass is 32.1. The van der Waals surface area contributed by atoms with Gasteiger partial charge in [0.15, 0.2) is 5.11 Å². The van der Waals surface area contributed by atoms with Crippen molar-refractivity contribution in [3.63, 3.8) is 0 Å². The lowest BCUT2D eigenvalue weighted by Crippen LogP contribution is -2.58. The molecule has 0 aromatic heterocycles. The lowest BCUT2D eigenvalue weighted by molar-refractivity contribution is -0.140. The van der Waals surface area contributed by atoms with E-state index in [1.165, 1.54) is 19.0 Å². The summed E-state index contributed by atoms with van der Waals surface area (Å²) in [7, 11) is 1.50. The number of aliphatic carboxylic acids is 1. The zero-order chi connectivity index (χ0) is 20.4. The molecule has 0 heterocycles. The van der Waals surface area contributed by atoms with E-state index in [9.17, 15) is 19.5 Å². The van der Waals surface area contributed by atoms with E-state index in [1.54, 1.807) is 0 Å². The van der Waals surface area contributed by atoms with Gasteiger partial charge in [-0.15, -0.1) is 0 Å². The van der Waals surface area contributed by atoms with Crippen molar-refractivity contribution >= 4 is 35.1 Å². The number of hydrogen-bond donors (Lipinski definition) is 8. The molecule has 0 saturated carbocycles. The molecule has 0 bridgehead atoms.